The number of alkyl halides is 12. The predicted molar refractivity (Wildman–Crippen MR) is 411 cm³/mol. The number of halogens is 18. The van der Waals surface area contributed by atoms with E-state index in [4.69, 9.17) is 0 Å². The summed E-state index contributed by atoms with van der Waals surface area (Å²) in [4.78, 5) is 48.5. The Morgan fingerprint density at radius 2 is 0.473 bits per heavy atom. The summed E-state index contributed by atoms with van der Waals surface area (Å²) in [5.41, 5.74) is 7.87. The van der Waals surface area contributed by atoms with Crippen molar-refractivity contribution in [1.29, 1.82) is 0 Å². The molecule has 672 valence electrons. The van der Waals surface area contributed by atoms with Crippen molar-refractivity contribution in [3.8, 4) is 103 Å². The molecule has 29 nitrogen and oxygen atoms in total. The van der Waals surface area contributed by atoms with Crippen LogP contribution < -0.4 is 30.6 Å². The number of rotatable bonds is 9. The summed E-state index contributed by atoms with van der Waals surface area (Å²) in [6, 6.07) is 52.8. The Hall–Kier alpha value is -14.6. The molecule has 3 aromatic carbocycles. The number of hydrogen-bond acceptors (Lipinski definition) is 23. The minimum Gasteiger partial charge on any atom is -0.413 e. The zero-order valence-electron chi connectivity index (χ0n) is 66.2. The van der Waals surface area contributed by atoms with Crippen LogP contribution in [0.3, 0.4) is 0 Å². The maximum absolute atomic E-state index is 13.2. The zero-order chi connectivity index (χ0) is 92.0. The van der Waals surface area contributed by atoms with Crippen molar-refractivity contribution in [2.75, 3.05) is 0 Å². The van der Waals surface area contributed by atoms with Gasteiger partial charge in [0.2, 0.25) is 0 Å². The molecular weight excluding hydrogens is 2300 g/mol. The molecule has 0 amide bonds. The van der Waals surface area contributed by atoms with Gasteiger partial charge in [-0.25, -0.2) is 0 Å². The minimum atomic E-state index is -4.57. The SMILES string of the molecule is Cc1ccnc(-c2nc(C(F)(F)F)n[n-]2)c1.Cc1ccnc(-c2nc(C(F)(F)F)n[n-]2)c1.Cc1ccnc(-c2nc(C(F)(F)F)n[n-]2)c1.Cc1ccnc(-c2nc(C(F)(F)F)n[n-]2)c1.Fc1c[c-]c(-c2ccccn2)c(F)c1.Fc1c[c-]c(-c2ccccn2)c(F)c1.Fc1c[c-]c(-c2ccccn2)c(F)c1.[Ir+3].[Ir+3].[Ir+3].c1ccc(-c2nnn[n-]2)nc1.c1ccc(-c2nnn[n-]2)nc1. The standard InChI is InChI=1S/3C11H6F2N.4C9H6F3N4.2C6H4N5.3Ir/c3*12-8-4-5-9(10(13)7-8)11-3-1-2-6-14-11;4*1-5-2-3-13-6(4-5)7-14-8(16-15-7)9(10,11)12;2*1-2-4-7-5(3-1)6-8-10-11-9-6;;;/h3*1-4,6-7H;4*2-4H,1H3;2*1-4H;;;/q9*-1;3*+3. The van der Waals surface area contributed by atoms with Crippen LogP contribution in [0.4, 0.5) is 79.0 Å². The molecule has 0 aliphatic rings. The summed E-state index contributed by atoms with van der Waals surface area (Å²) in [5.74, 6) is -8.37. The molecule has 0 atom stereocenters. The van der Waals surface area contributed by atoms with Crippen LogP contribution >= 0.6 is 0 Å². The maximum Gasteiger partial charge on any atom is 3.00 e. The normalized spacial score (nSPS) is 10.6. The molecule has 0 unspecified atom stereocenters. The summed E-state index contributed by atoms with van der Waals surface area (Å²) in [5, 5.41) is 53.3. The molecule has 0 radical (unpaired) electrons. The van der Waals surface area contributed by atoms with Gasteiger partial charge in [-0.05, 0) is 181 Å². The average Bonchev–Trinajstić information content (AvgIpc) is 1.55. The molecule has 15 aromatic heterocycles. The zero-order valence-corrected chi connectivity index (χ0v) is 73.4. The first kappa shape index (κ1) is 103. The van der Waals surface area contributed by atoms with Gasteiger partial charge in [-0.2, -0.15) is 63.1 Å². The topological polar surface area (TPSA) is 381 Å². The van der Waals surface area contributed by atoms with E-state index in [0.717, 1.165) is 58.7 Å². The fraction of sp³-hybridized carbons (Fsp3) is 0.0988. The fourth-order valence-electron chi connectivity index (χ4n) is 9.45. The third-order valence-electron chi connectivity index (χ3n) is 15.2. The van der Waals surface area contributed by atoms with Gasteiger partial charge in [-0.15, -0.1) is 36.4 Å². The Bertz CT molecular complexity index is 5800. The molecule has 0 spiro atoms. The number of benzene rings is 3. The third kappa shape index (κ3) is 32.3. The van der Waals surface area contributed by atoms with Gasteiger partial charge in [0, 0.05) is 90.7 Å². The molecule has 0 saturated carbocycles. The Morgan fingerprint density at radius 1 is 0.252 bits per heavy atom. The van der Waals surface area contributed by atoms with Gasteiger partial charge < -0.3 is 65.5 Å². The van der Waals surface area contributed by atoms with Crippen LogP contribution in [0.1, 0.15) is 45.6 Å². The van der Waals surface area contributed by atoms with Crippen LogP contribution in [0, 0.1) is 80.8 Å². The molecule has 50 heteroatoms. The Morgan fingerprint density at radius 3 is 0.649 bits per heavy atom. The van der Waals surface area contributed by atoms with E-state index in [0.29, 0.717) is 40.1 Å². The third-order valence-corrected chi connectivity index (χ3v) is 15.2. The van der Waals surface area contributed by atoms with E-state index in [9.17, 15) is 79.0 Å². The summed E-state index contributed by atoms with van der Waals surface area (Å²) in [6.07, 6.45) is -4.39. The predicted octanol–water partition coefficient (Wildman–Crippen LogP) is 15.5. The van der Waals surface area contributed by atoms with Crippen molar-refractivity contribution < 1.29 is 139 Å². The number of hydrogen-bond donors (Lipinski definition) is 0. The van der Waals surface area contributed by atoms with E-state index in [1.54, 1.807) is 174 Å². The first-order chi connectivity index (χ1) is 61.1. The van der Waals surface area contributed by atoms with Crippen LogP contribution in [0.25, 0.3) is 103 Å². The molecule has 0 bridgehead atoms. The second-order valence-electron chi connectivity index (χ2n) is 24.8. The van der Waals surface area contributed by atoms with Crippen LogP contribution in [0.5, 0.6) is 0 Å². The second-order valence-corrected chi connectivity index (χ2v) is 24.8. The molecule has 0 aliphatic carbocycles. The van der Waals surface area contributed by atoms with Gasteiger partial charge in [0.15, 0.2) is 0 Å². The van der Waals surface area contributed by atoms with Gasteiger partial charge in [0.25, 0.3) is 0 Å². The molecule has 0 saturated heterocycles. The van der Waals surface area contributed by atoms with E-state index in [1.165, 1.54) is 24.8 Å². The number of nitrogens with zero attached hydrogens (tertiary/aromatic N) is 29. The Kier molecular flexibility index (Phi) is 38.8. The van der Waals surface area contributed by atoms with Crippen molar-refractivity contribution >= 4 is 0 Å². The number of pyridine rings is 9. The largest absolute Gasteiger partial charge is 3.00 e. The summed E-state index contributed by atoms with van der Waals surface area (Å²) in [7, 11) is 0. The monoisotopic (exact) mass is 2350 g/mol. The smallest absolute Gasteiger partial charge is 0.413 e. The molecule has 0 aliphatic heterocycles. The fourth-order valence-corrected chi connectivity index (χ4v) is 9.45. The van der Waals surface area contributed by atoms with E-state index in [1.807, 2.05) is 24.3 Å². The van der Waals surface area contributed by atoms with Gasteiger partial charge in [-0.3, -0.25) is 97.3 Å². The Labute approximate surface area is 767 Å². The van der Waals surface area contributed by atoms with E-state index in [-0.39, 0.29) is 123 Å². The molecule has 18 aromatic rings. The minimum absolute atomic E-state index is 0. The van der Waals surface area contributed by atoms with Crippen LogP contribution in [0.15, 0.2) is 232 Å². The van der Waals surface area contributed by atoms with Crippen LogP contribution in [-0.4, -0.2) is 116 Å². The van der Waals surface area contributed by atoms with Crippen molar-refractivity contribution in [3.63, 3.8) is 0 Å². The molecular formula is C81H50F18Ir3N29. The molecule has 18 rings (SSSR count). The summed E-state index contributed by atoms with van der Waals surface area (Å²) in [6.45, 7) is 7.19. The van der Waals surface area contributed by atoms with E-state index < -0.39 is 82.9 Å². The van der Waals surface area contributed by atoms with E-state index >= 15 is 0 Å². The van der Waals surface area contributed by atoms with E-state index in [2.05, 4.69) is 165 Å². The quantitative estimate of drug-likeness (QED) is 0.0956. The first-order valence-corrected chi connectivity index (χ1v) is 35.7. The van der Waals surface area contributed by atoms with Crippen LogP contribution in [0.2, 0.25) is 0 Å². The number of tetrazole rings is 2. The molecule has 0 fully saturated rings. The first-order valence-electron chi connectivity index (χ1n) is 35.7. The van der Waals surface area contributed by atoms with Crippen molar-refractivity contribution in [3.05, 3.63) is 330 Å². The molecule has 131 heavy (non-hydrogen) atoms. The van der Waals surface area contributed by atoms with Gasteiger partial charge in [0.1, 0.15) is 23.3 Å². The average molecular weight is 2350 g/mol. The van der Waals surface area contributed by atoms with Crippen molar-refractivity contribution in [2.45, 2.75) is 52.4 Å². The summed E-state index contributed by atoms with van der Waals surface area (Å²) < 4.78 is 224. The number of aryl methyl sites for hydroxylation is 4. The van der Waals surface area contributed by atoms with Gasteiger partial charge in [-0.1, -0.05) is 83.4 Å². The van der Waals surface area contributed by atoms with Gasteiger partial charge in [0.05, 0.1) is 45.8 Å². The summed E-state index contributed by atoms with van der Waals surface area (Å²) >= 11 is 0. The molecule has 15 heterocycles. The maximum atomic E-state index is 13.2. The second kappa shape index (κ2) is 49.1. The van der Waals surface area contributed by atoms with Gasteiger partial charge >= 0.3 is 85.0 Å². The Balaban J connectivity index is 0.000000201. The number of aromatic nitrogens is 29. The molecule has 0 N–H and O–H groups in total. The van der Waals surface area contributed by atoms with Crippen molar-refractivity contribution in [1.82, 2.24) is 147 Å². The van der Waals surface area contributed by atoms with Crippen LogP contribution in [-0.2, 0) is 85.0 Å². The van der Waals surface area contributed by atoms with Crippen molar-refractivity contribution in [2.24, 2.45) is 0 Å².